The third-order valence-electron chi connectivity index (χ3n) is 4.52. The summed E-state index contributed by atoms with van der Waals surface area (Å²) in [4.78, 5) is 7.33. The van der Waals surface area contributed by atoms with Crippen LogP contribution >= 0.6 is 0 Å². The molecule has 0 bridgehead atoms. The Kier molecular flexibility index (Phi) is 6.68. The molecule has 1 saturated heterocycles. The summed E-state index contributed by atoms with van der Waals surface area (Å²) in [6, 6.07) is 8.75. The van der Waals surface area contributed by atoms with Gasteiger partial charge in [0.15, 0.2) is 0 Å². The van der Waals surface area contributed by atoms with Crippen LogP contribution in [0.2, 0.25) is 0 Å². The largest absolute Gasteiger partial charge is 0.393 e. The van der Waals surface area contributed by atoms with Crippen molar-refractivity contribution in [1.82, 2.24) is 9.80 Å². The zero-order chi connectivity index (χ0) is 15.9. The number of anilines is 1. The van der Waals surface area contributed by atoms with Gasteiger partial charge in [0.1, 0.15) is 0 Å². The molecule has 0 spiro atoms. The molecule has 124 valence electrons. The second-order valence-corrected chi connectivity index (χ2v) is 6.43. The molecule has 1 aliphatic heterocycles. The molecule has 2 rings (SSSR count). The third-order valence-corrected chi connectivity index (χ3v) is 4.52. The fourth-order valence-corrected chi connectivity index (χ4v) is 3.04. The zero-order valence-electron chi connectivity index (χ0n) is 14.3. The lowest BCUT2D eigenvalue weighted by molar-refractivity contribution is 0.163. The van der Waals surface area contributed by atoms with Crippen LogP contribution in [0.5, 0.6) is 0 Å². The Balaban J connectivity index is 1.98. The Bertz CT molecular complexity index is 442. The molecule has 1 aliphatic rings. The summed E-state index contributed by atoms with van der Waals surface area (Å²) in [5.41, 5.74) is 2.77. The number of rotatable bonds is 7. The van der Waals surface area contributed by atoms with Crippen LogP contribution < -0.4 is 4.90 Å². The summed E-state index contributed by atoms with van der Waals surface area (Å²) in [6.07, 6.45) is 0.605. The van der Waals surface area contributed by atoms with Crippen LogP contribution in [-0.4, -0.2) is 67.3 Å². The van der Waals surface area contributed by atoms with Crippen molar-refractivity contribution in [1.29, 1.82) is 0 Å². The molecule has 0 amide bonds. The van der Waals surface area contributed by atoms with E-state index < -0.39 is 0 Å². The van der Waals surface area contributed by atoms with Crippen LogP contribution in [0.25, 0.3) is 0 Å². The number of benzene rings is 1. The Morgan fingerprint density at radius 2 is 1.86 bits per heavy atom. The maximum absolute atomic E-state index is 9.43. The maximum Gasteiger partial charge on any atom is 0.0524 e. The minimum absolute atomic E-state index is 0.222. The van der Waals surface area contributed by atoms with Crippen LogP contribution in [0.4, 0.5) is 5.69 Å². The van der Waals surface area contributed by atoms with E-state index in [1.807, 2.05) is 6.92 Å². The van der Waals surface area contributed by atoms with Crippen molar-refractivity contribution in [2.45, 2.75) is 32.9 Å². The first-order valence-corrected chi connectivity index (χ1v) is 8.52. The molecule has 1 atom stereocenters. The Hall–Kier alpha value is -1.10. The quantitative estimate of drug-likeness (QED) is 0.835. The van der Waals surface area contributed by atoms with Crippen LogP contribution in [0.3, 0.4) is 0 Å². The van der Waals surface area contributed by atoms with E-state index in [0.29, 0.717) is 0 Å². The first-order valence-electron chi connectivity index (χ1n) is 8.52. The summed E-state index contributed by atoms with van der Waals surface area (Å²) < 4.78 is 0. The van der Waals surface area contributed by atoms with Crippen molar-refractivity contribution >= 4 is 5.69 Å². The SMILES string of the molecule is CCN1CCN(c2ccccc2CN(C)CCC(C)O)CC1. The van der Waals surface area contributed by atoms with Crippen LogP contribution in [0.1, 0.15) is 25.8 Å². The average Bonchev–Trinajstić information content (AvgIpc) is 2.53. The number of hydrogen-bond acceptors (Lipinski definition) is 4. The number of para-hydroxylation sites is 1. The number of aliphatic hydroxyl groups excluding tert-OH is 1. The first kappa shape index (κ1) is 17.3. The fourth-order valence-electron chi connectivity index (χ4n) is 3.04. The number of likely N-dealkylation sites (N-methyl/N-ethyl adjacent to an activating group) is 1. The number of hydrogen-bond donors (Lipinski definition) is 1. The zero-order valence-corrected chi connectivity index (χ0v) is 14.3. The highest BCUT2D eigenvalue weighted by Gasteiger charge is 2.18. The van der Waals surface area contributed by atoms with Crippen molar-refractivity contribution in [3.05, 3.63) is 29.8 Å². The first-order chi connectivity index (χ1) is 10.6. The molecule has 0 aromatic heterocycles. The lowest BCUT2D eigenvalue weighted by Crippen LogP contribution is -2.46. The smallest absolute Gasteiger partial charge is 0.0524 e. The van der Waals surface area contributed by atoms with E-state index in [9.17, 15) is 5.11 Å². The normalized spacial score (nSPS) is 18.0. The summed E-state index contributed by atoms with van der Waals surface area (Å²) in [7, 11) is 2.13. The van der Waals surface area contributed by atoms with Gasteiger partial charge in [-0.05, 0) is 38.6 Å². The summed E-state index contributed by atoms with van der Waals surface area (Å²) in [5, 5.41) is 9.43. The Labute approximate surface area is 135 Å². The monoisotopic (exact) mass is 305 g/mol. The predicted molar refractivity (Wildman–Crippen MR) is 93.4 cm³/mol. The van der Waals surface area contributed by atoms with Gasteiger partial charge in [0, 0.05) is 45.0 Å². The van der Waals surface area contributed by atoms with E-state index in [1.54, 1.807) is 0 Å². The van der Waals surface area contributed by atoms with Gasteiger partial charge in [0.2, 0.25) is 0 Å². The average molecular weight is 305 g/mol. The van der Waals surface area contributed by atoms with E-state index in [1.165, 1.54) is 11.3 Å². The van der Waals surface area contributed by atoms with E-state index in [0.717, 1.165) is 52.2 Å². The standard InChI is InChI=1S/C18H31N3O/c1-4-20-11-13-21(14-12-20)18-8-6-5-7-17(18)15-19(3)10-9-16(2)22/h5-8,16,22H,4,9-15H2,1-3H3. The van der Waals surface area contributed by atoms with E-state index in [-0.39, 0.29) is 6.10 Å². The Morgan fingerprint density at radius 3 is 2.50 bits per heavy atom. The lowest BCUT2D eigenvalue weighted by atomic mass is 10.1. The second-order valence-electron chi connectivity index (χ2n) is 6.43. The molecule has 0 radical (unpaired) electrons. The van der Waals surface area contributed by atoms with Gasteiger partial charge in [-0.2, -0.15) is 0 Å². The Morgan fingerprint density at radius 1 is 1.18 bits per heavy atom. The van der Waals surface area contributed by atoms with Crippen molar-refractivity contribution in [2.24, 2.45) is 0 Å². The molecule has 1 N–H and O–H groups in total. The van der Waals surface area contributed by atoms with Gasteiger partial charge in [-0.15, -0.1) is 0 Å². The molecule has 1 aromatic rings. The van der Waals surface area contributed by atoms with Gasteiger partial charge in [-0.1, -0.05) is 25.1 Å². The molecule has 1 aromatic carbocycles. The van der Waals surface area contributed by atoms with Gasteiger partial charge in [0.05, 0.1) is 6.10 Å². The summed E-state index contributed by atoms with van der Waals surface area (Å²) in [6.45, 7) is 11.6. The molecular formula is C18H31N3O. The minimum Gasteiger partial charge on any atom is -0.393 e. The van der Waals surface area contributed by atoms with Crippen molar-refractivity contribution in [3.8, 4) is 0 Å². The van der Waals surface area contributed by atoms with Crippen LogP contribution in [-0.2, 0) is 6.54 Å². The topological polar surface area (TPSA) is 30.0 Å². The molecule has 1 heterocycles. The fraction of sp³-hybridized carbons (Fsp3) is 0.667. The molecular weight excluding hydrogens is 274 g/mol. The van der Waals surface area contributed by atoms with E-state index >= 15 is 0 Å². The van der Waals surface area contributed by atoms with E-state index in [2.05, 4.69) is 52.9 Å². The minimum atomic E-state index is -0.222. The van der Waals surface area contributed by atoms with Crippen molar-refractivity contribution in [2.75, 3.05) is 51.2 Å². The number of aliphatic hydroxyl groups is 1. The molecule has 1 unspecified atom stereocenters. The van der Waals surface area contributed by atoms with Crippen molar-refractivity contribution < 1.29 is 5.11 Å². The van der Waals surface area contributed by atoms with Crippen LogP contribution in [0, 0.1) is 0 Å². The maximum atomic E-state index is 9.43. The summed E-state index contributed by atoms with van der Waals surface area (Å²) >= 11 is 0. The molecule has 1 fully saturated rings. The van der Waals surface area contributed by atoms with Crippen LogP contribution in [0.15, 0.2) is 24.3 Å². The van der Waals surface area contributed by atoms with E-state index in [4.69, 9.17) is 0 Å². The molecule has 4 heteroatoms. The molecule has 0 saturated carbocycles. The van der Waals surface area contributed by atoms with Gasteiger partial charge in [-0.25, -0.2) is 0 Å². The predicted octanol–water partition coefficient (Wildman–Crippen LogP) is 2.03. The highest BCUT2D eigenvalue weighted by Crippen LogP contribution is 2.23. The molecule has 4 nitrogen and oxygen atoms in total. The van der Waals surface area contributed by atoms with Gasteiger partial charge in [0.25, 0.3) is 0 Å². The highest BCUT2D eigenvalue weighted by molar-refractivity contribution is 5.54. The third kappa shape index (κ3) is 4.97. The summed E-state index contributed by atoms with van der Waals surface area (Å²) in [5.74, 6) is 0. The second kappa shape index (κ2) is 8.51. The number of piperazine rings is 1. The molecule has 22 heavy (non-hydrogen) atoms. The van der Waals surface area contributed by atoms with Gasteiger partial charge >= 0.3 is 0 Å². The molecule has 0 aliphatic carbocycles. The van der Waals surface area contributed by atoms with Gasteiger partial charge in [-0.3, -0.25) is 0 Å². The number of nitrogens with zero attached hydrogens (tertiary/aromatic N) is 3. The van der Waals surface area contributed by atoms with Gasteiger partial charge < -0.3 is 19.8 Å². The lowest BCUT2D eigenvalue weighted by Gasteiger charge is -2.37. The highest BCUT2D eigenvalue weighted by atomic mass is 16.3. The van der Waals surface area contributed by atoms with Crippen molar-refractivity contribution in [3.63, 3.8) is 0 Å².